The van der Waals surface area contributed by atoms with E-state index < -0.39 is 11.2 Å². The van der Waals surface area contributed by atoms with Gasteiger partial charge in [-0.25, -0.2) is 9.97 Å². The fourth-order valence-electron chi connectivity index (χ4n) is 3.72. The molecule has 6 heteroatoms. The molecule has 0 amide bonds. The van der Waals surface area contributed by atoms with E-state index in [4.69, 9.17) is 10.7 Å². The number of nitrogens with two attached hydrogens (primary N) is 1. The lowest BCUT2D eigenvalue weighted by atomic mass is 10.2. The number of aromatic nitrogens is 3. The normalized spacial score (nSPS) is 15.2. The molecule has 3 aromatic rings. The van der Waals surface area contributed by atoms with Crippen LogP contribution in [0.15, 0.2) is 35.2 Å². The summed E-state index contributed by atoms with van der Waals surface area (Å²) in [6, 6.07) is 9.72. The fourth-order valence-corrected chi connectivity index (χ4v) is 4.88. The molecule has 1 saturated carbocycles. The Morgan fingerprint density at radius 2 is 1.89 bits per heavy atom. The number of hydrogen-bond acceptors (Lipinski definition) is 4. The smallest absolute Gasteiger partial charge is 0.152 e. The van der Waals surface area contributed by atoms with E-state index in [1.54, 1.807) is 0 Å². The van der Waals surface area contributed by atoms with Crippen molar-refractivity contribution < 1.29 is 4.55 Å². The number of aryl methyl sites for hydroxylation is 3. The van der Waals surface area contributed by atoms with Crippen LogP contribution < -0.4 is 5.73 Å². The van der Waals surface area contributed by atoms with Crippen LogP contribution in [0.2, 0.25) is 0 Å². The van der Waals surface area contributed by atoms with Crippen molar-refractivity contribution >= 4 is 28.0 Å². The molecule has 1 aliphatic carbocycles. The Labute approximate surface area is 169 Å². The number of rotatable bonds is 8. The molecule has 0 spiro atoms. The zero-order chi connectivity index (χ0) is 19.7. The molecule has 4 rings (SSSR count). The number of imidazole rings is 1. The largest absolute Gasteiger partial charge is 0.611 e. The first-order valence-electron chi connectivity index (χ1n) is 10.1. The Morgan fingerprint density at radius 1 is 1.14 bits per heavy atom. The summed E-state index contributed by atoms with van der Waals surface area (Å²) in [4.78, 5) is 10.2. The maximum Gasteiger partial charge on any atom is 0.152 e. The Balaban J connectivity index is 1.50. The summed E-state index contributed by atoms with van der Waals surface area (Å²) in [5, 5.41) is 0. The van der Waals surface area contributed by atoms with Gasteiger partial charge in [0.25, 0.3) is 0 Å². The van der Waals surface area contributed by atoms with Crippen LogP contribution in [-0.4, -0.2) is 24.8 Å². The quantitative estimate of drug-likeness (QED) is 0.458. The van der Waals surface area contributed by atoms with Gasteiger partial charge in [-0.3, -0.25) is 0 Å². The molecular weight excluding hydrogens is 368 g/mol. The minimum atomic E-state index is -0.930. The predicted octanol–water partition coefficient (Wildman–Crippen LogP) is 4.17. The van der Waals surface area contributed by atoms with Crippen LogP contribution in [0, 0.1) is 19.8 Å². The second kappa shape index (κ2) is 8.13. The number of benzene rings is 1. The van der Waals surface area contributed by atoms with Gasteiger partial charge in [0.2, 0.25) is 0 Å². The van der Waals surface area contributed by atoms with E-state index in [9.17, 15) is 4.55 Å². The van der Waals surface area contributed by atoms with Gasteiger partial charge in [0.05, 0.1) is 5.52 Å². The highest BCUT2D eigenvalue weighted by Crippen LogP contribution is 2.34. The fraction of sp³-hybridized carbons (Fsp3) is 0.455. The Bertz CT molecular complexity index is 966. The average Bonchev–Trinajstić information content (AvgIpc) is 3.44. The molecule has 0 aliphatic heterocycles. The van der Waals surface area contributed by atoms with Crippen LogP contribution >= 0.6 is 0 Å². The number of pyridine rings is 1. The first kappa shape index (κ1) is 19.3. The van der Waals surface area contributed by atoms with Gasteiger partial charge in [-0.2, -0.15) is 0 Å². The van der Waals surface area contributed by atoms with Gasteiger partial charge in [-0.05, 0) is 74.3 Å². The topological polar surface area (TPSA) is 79.8 Å². The van der Waals surface area contributed by atoms with E-state index in [1.165, 1.54) is 12.8 Å². The summed E-state index contributed by atoms with van der Waals surface area (Å²) in [5.74, 6) is 3.11. The summed E-state index contributed by atoms with van der Waals surface area (Å²) in [6.45, 7) is 4.99. The molecule has 1 unspecified atom stereocenters. The first-order chi connectivity index (χ1) is 13.5. The van der Waals surface area contributed by atoms with Crippen molar-refractivity contribution in [2.45, 2.75) is 57.4 Å². The van der Waals surface area contributed by atoms with Gasteiger partial charge in [0, 0.05) is 18.7 Å². The number of nitrogens with zero attached hydrogens (tertiary/aromatic N) is 3. The lowest BCUT2D eigenvalue weighted by Crippen LogP contribution is -2.10. The van der Waals surface area contributed by atoms with Crippen molar-refractivity contribution in [3.8, 4) is 0 Å². The van der Waals surface area contributed by atoms with Crippen LogP contribution in [0.4, 0.5) is 5.82 Å². The van der Waals surface area contributed by atoms with Crippen molar-refractivity contribution in [2.75, 3.05) is 11.5 Å². The average molecular weight is 397 g/mol. The number of nitrogen functional groups attached to an aromatic ring is 1. The van der Waals surface area contributed by atoms with Crippen molar-refractivity contribution in [2.24, 2.45) is 5.92 Å². The first-order valence-corrected chi connectivity index (χ1v) is 11.4. The maximum atomic E-state index is 12.4. The van der Waals surface area contributed by atoms with Crippen molar-refractivity contribution in [1.82, 2.24) is 14.5 Å². The van der Waals surface area contributed by atoms with E-state index in [0.717, 1.165) is 64.7 Å². The second-order valence-electron chi connectivity index (χ2n) is 7.80. The number of unbranched alkanes of at least 4 members (excludes halogenated alkanes) is 1. The summed E-state index contributed by atoms with van der Waals surface area (Å²) in [6.07, 6.45) is 5.50. The third kappa shape index (κ3) is 4.03. The second-order valence-corrected chi connectivity index (χ2v) is 9.37. The predicted molar refractivity (Wildman–Crippen MR) is 115 cm³/mol. The van der Waals surface area contributed by atoms with Gasteiger partial charge in [-0.1, -0.05) is 18.2 Å². The van der Waals surface area contributed by atoms with Gasteiger partial charge < -0.3 is 14.9 Å². The molecule has 1 fully saturated rings. The van der Waals surface area contributed by atoms with Gasteiger partial charge in [-0.15, -0.1) is 0 Å². The Morgan fingerprint density at radius 3 is 2.61 bits per heavy atom. The molecule has 0 saturated heterocycles. The molecule has 2 heterocycles. The summed E-state index contributed by atoms with van der Waals surface area (Å²) < 4.78 is 14.8. The van der Waals surface area contributed by atoms with Crippen molar-refractivity contribution in [1.29, 1.82) is 0 Å². The summed E-state index contributed by atoms with van der Waals surface area (Å²) in [7, 11) is 0. The molecule has 0 bridgehead atoms. The molecule has 2 N–H and O–H groups in total. The lowest BCUT2D eigenvalue weighted by molar-refractivity contribution is 0.576. The Kier molecular flexibility index (Phi) is 5.60. The highest BCUT2D eigenvalue weighted by atomic mass is 32.2. The van der Waals surface area contributed by atoms with Crippen LogP contribution in [0.25, 0.3) is 11.0 Å². The zero-order valence-electron chi connectivity index (χ0n) is 16.6. The molecule has 28 heavy (non-hydrogen) atoms. The number of anilines is 1. The van der Waals surface area contributed by atoms with Gasteiger partial charge in [0.1, 0.15) is 17.1 Å². The lowest BCUT2D eigenvalue weighted by Gasteiger charge is -2.13. The van der Waals surface area contributed by atoms with Crippen LogP contribution in [0.3, 0.4) is 0 Å². The van der Waals surface area contributed by atoms with E-state index in [1.807, 2.05) is 37.3 Å². The molecule has 2 aromatic heterocycles. The van der Waals surface area contributed by atoms with Crippen LogP contribution in [0.1, 0.15) is 42.8 Å². The van der Waals surface area contributed by atoms with Crippen LogP contribution in [0.5, 0.6) is 0 Å². The van der Waals surface area contributed by atoms with Gasteiger partial charge >= 0.3 is 0 Å². The molecular formula is C22H28N4OS. The van der Waals surface area contributed by atoms with E-state index in [0.29, 0.717) is 11.6 Å². The van der Waals surface area contributed by atoms with E-state index in [-0.39, 0.29) is 0 Å². The van der Waals surface area contributed by atoms with Crippen LogP contribution in [-0.2, 0) is 24.1 Å². The Hall–Kier alpha value is -2.05. The molecule has 0 radical (unpaired) electrons. The summed E-state index contributed by atoms with van der Waals surface area (Å²) >= 11 is -0.930. The highest BCUT2D eigenvalue weighted by molar-refractivity contribution is 7.91. The monoisotopic (exact) mass is 396 g/mol. The third-order valence-corrected chi connectivity index (χ3v) is 7.07. The number of fused-ring (bicyclic) bond motifs is 1. The zero-order valence-corrected chi connectivity index (χ0v) is 17.5. The number of hydrogen-bond donors (Lipinski definition) is 1. The van der Waals surface area contributed by atoms with Gasteiger partial charge in [0.15, 0.2) is 10.7 Å². The van der Waals surface area contributed by atoms with E-state index >= 15 is 0 Å². The van der Waals surface area contributed by atoms with Crippen molar-refractivity contribution in [3.05, 3.63) is 47.4 Å². The maximum absolute atomic E-state index is 12.4. The molecule has 1 aromatic carbocycles. The molecule has 1 atom stereocenters. The van der Waals surface area contributed by atoms with E-state index in [2.05, 4.69) is 16.5 Å². The highest BCUT2D eigenvalue weighted by Gasteiger charge is 2.26. The third-order valence-electron chi connectivity index (χ3n) is 5.61. The molecule has 148 valence electrons. The van der Waals surface area contributed by atoms with Crippen molar-refractivity contribution in [3.63, 3.8) is 0 Å². The SMILES string of the molecule is Cc1nc(N)c2nc(CC3CC3)n(CCCC[S+]([O-])c3ccccc3)c2c1C. The minimum absolute atomic E-state index is 0.527. The summed E-state index contributed by atoms with van der Waals surface area (Å²) in [5.41, 5.74) is 10.3. The molecule has 5 nitrogen and oxygen atoms in total. The standard InChI is InChI=1S/C22H28N4OS/c1-15-16(2)24-22(23)20-21(15)26(19(25-20)14-17-10-11-17)12-6-7-13-28(27)18-8-4-3-5-9-18/h3-5,8-9,17H,6-7,10-14H2,1-2H3,(H2,23,24). The molecule has 1 aliphatic rings. The minimum Gasteiger partial charge on any atom is -0.611 e.